The summed E-state index contributed by atoms with van der Waals surface area (Å²) in [4.78, 5) is 10.6. The van der Waals surface area contributed by atoms with Gasteiger partial charge in [0, 0.05) is 23.4 Å². The Balaban J connectivity index is 2.42. The van der Waals surface area contributed by atoms with Crippen molar-refractivity contribution in [3.63, 3.8) is 0 Å². The van der Waals surface area contributed by atoms with Gasteiger partial charge in [-0.05, 0) is 42.3 Å². The highest BCUT2D eigenvalue weighted by Crippen LogP contribution is 2.29. The smallest absolute Gasteiger partial charge is 0.283 e. The number of aryl methyl sites for hydroxylation is 1. The Morgan fingerprint density at radius 3 is 2.67 bits per heavy atom. The van der Waals surface area contributed by atoms with E-state index >= 15 is 0 Å². The quantitative estimate of drug-likeness (QED) is 0.675. The molecule has 0 saturated heterocycles. The van der Waals surface area contributed by atoms with E-state index in [0.717, 1.165) is 22.5 Å². The third-order valence-corrected chi connectivity index (χ3v) is 4.38. The first-order chi connectivity index (χ1) is 9.82. The molecule has 6 nitrogen and oxygen atoms in total. The Morgan fingerprint density at radius 1 is 1.48 bits per heavy atom. The second-order valence-electron chi connectivity index (χ2n) is 5.04. The monoisotopic (exact) mass is 352 g/mol. The number of nitro groups is 1. The van der Waals surface area contributed by atoms with Crippen LogP contribution in [0, 0.1) is 24.0 Å². The molecule has 2 N–H and O–H groups in total. The largest absolute Gasteiger partial charge is 0.324 e. The molecule has 0 radical (unpaired) electrons. The lowest BCUT2D eigenvalue weighted by Crippen LogP contribution is -2.09. The zero-order chi connectivity index (χ0) is 15.7. The number of nitrogens with zero attached hydrogens (tertiary/aromatic N) is 3. The van der Waals surface area contributed by atoms with E-state index in [-0.39, 0.29) is 11.7 Å². The minimum Gasteiger partial charge on any atom is -0.324 e. The van der Waals surface area contributed by atoms with Crippen LogP contribution in [-0.2, 0) is 6.54 Å². The van der Waals surface area contributed by atoms with Gasteiger partial charge in [-0.15, -0.1) is 0 Å². The maximum absolute atomic E-state index is 11.0. The fourth-order valence-corrected chi connectivity index (χ4v) is 3.05. The third kappa shape index (κ3) is 2.98. The van der Waals surface area contributed by atoms with Gasteiger partial charge in [-0.2, -0.15) is 5.10 Å². The molecule has 1 atom stereocenters. The molecule has 0 fully saturated rings. The van der Waals surface area contributed by atoms with Crippen LogP contribution in [0.3, 0.4) is 0 Å². The van der Waals surface area contributed by atoms with Crippen LogP contribution in [0.1, 0.15) is 35.5 Å². The molecular weight excluding hydrogens is 336 g/mol. The van der Waals surface area contributed by atoms with Crippen molar-refractivity contribution in [1.29, 1.82) is 0 Å². The molecule has 0 aliphatic heterocycles. The maximum Gasteiger partial charge on any atom is 0.283 e. The molecule has 1 aromatic heterocycles. The number of hydrogen-bond donors (Lipinski definition) is 1. The van der Waals surface area contributed by atoms with E-state index in [0.29, 0.717) is 11.0 Å². The fourth-order valence-electron chi connectivity index (χ4n) is 2.51. The molecule has 21 heavy (non-hydrogen) atoms. The lowest BCUT2D eigenvalue weighted by Gasteiger charge is -2.09. The van der Waals surface area contributed by atoms with Gasteiger partial charge >= 0.3 is 0 Å². The van der Waals surface area contributed by atoms with Crippen molar-refractivity contribution in [3.05, 3.63) is 55.3 Å². The molecule has 0 aliphatic carbocycles. The lowest BCUT2D eigenvalue weighted by molar-refractivity contribution is -0.385. The van der Waals surface area contributed by atoms with Gasteiger partial charge in [-0.1, -0.05) is 12.1 Å². The van der Waals surface area contributed by atoms with E-state index in [1.165, 1.54) is 6.07 Å². The van der Waals surface area contributed by atoms with Crippen LogP contribution in [0.15, 0.2) is 22.7 Å². The molecule has 2 aromatic rings. The molecule has 7 heteroatoms. The highest BCUT2D eigenvalue weighted by atomic mass is 79.9. The molecule has 0 saturated carbocycles. The summed E-state index contributed by atoms with van der Waals surface area (Å²) in [5.41, 5.74) is 9.74. The molecule has 1 unspecified atom stereocenters. The van der Waals surface area contributed by atoms with Crippen molar-refractivity contribution in [2.75, 3.05) is 0 Å². The van der Waals surface area contributed by atoms with E-state index in [1.54, 1.807) is 6.07 Å². The molecule has 0 aliphatic rings. The van der Waals surface area contributed by atoms with Gasteiger partial charge in [0.1, 0.15) is 4.47 Å². The van der Waals surface area contributed by atoms with Crippen LogP contribution in [-0.4, -0.2) is 14.7 Å². The average molecular weight is 353 g/mol. The summed E-state index contributed by atoms with van der Waals surface area (Å²) in [5, 5.41) is 15.5. The van der Waals surface area contributed by atoms with Crippen LogP contribution >= 0.6 is 15.9 Å². The summed E-state index contributed by atoms with van der Waals surface area (Å²) in [5.74, 6) is 0. The molecule has 2 rings (SSSR count). The van der Waals surface area contributed by atoms with Crippen molar-refractivity contribution in [3.8, 4) is 0 Å². The molecule has 112 valence electrons. The SMILES string of the molecule is Cc1nn(Cc2cccc([N+](=O)[O-])c2Br)c(C)c1C(C)N. The third-order valence-electron chi connectivity index (χ3n) is 3.47. The van der Waals surface area contributed by atoms with Crippen LogP contribution in [0.2, 0.25) is 0 Å². The maximum atomic E-state index is 11.0. The van der Waals surface area contributed by atoms with E-state index in [2.05, 4.69) is 21.0 Å². The van der Waals surface area contributed by atoms with E-state index in [1.807, 2.05) is 31.5 Å². The zero-order valence-corrected chi connectivity index (χ0v) is 13.7. The van der Waals surface area contributed by atoms with Gasteiger partial charge in [0.15, 0.2) is 0 Å². The standard InChI is InChI=1S/C14H17BrN4O2/c1-8(16)13-9(2)17-18(10(13)3)7-11-5-4-6-12(14(11)15)19(20)21/h4-6,8H,7,16H2,1-3H3. The highest BCUT2D eigenvalue weighted by Gasteiger charge is 2.18. The average Bonchev–Trinajstić information content (AvgIpc) is 2.66. The summed E-state index contributed by atoms with van der Waals surface area (Å²) in [6.07, 6.45) is 0. The zero-order valence-electron chi connectivity index (χ0n) is 12.1. The van der Waals surface area contributed by atoms with E-state index in [9.17, 15) is 10.1 Å². The van der Waals surface area contributed by atoms with Crippen LogP contribution in [0.25, 0.3) is 0 Å². The Bertz CT molecular complexity index is 695. The Labute approximate surface area is 131 Å². The Morgan fingerprint density at radius 2 is 2.14 bits per heavy atom. The molecule has 0 spiro atoms. The van der Waals surface area contributed by atoms with Gasteiger partial charge in [-0.25, -0.2) is 0 Å². The van der Waals surface area contributed by atoms with Gasteiger partial charge < -0.3 is 5.73 Å². The van der Waals surface area contributed by atoms with Gasteiger partial charge in [0.2, 0.25) is 0 Å². The number of aromatic nitrogens is 2. The van der Waals surface area contributed by atoms with Crippen molar-refractivity contribution in [2.45, 2.75) is 33.4 Å². The van der Waals surface area contributed by atoms with Crippen LogP contribution in [0.5, 0.6) is 0 Å². The molecule has 0 bridgehead atoms. The topological polar surface area (TPSA) is 87.0 Å². The molecule has 1 aromatic carbocycles. The van der Waals surface area contributed by atoms with Gasteiger partial charge in [-0.3, -0.25) is 14.8 Å². The summed E-state index contributed by atoms with van der Waals surface area (Å²) in [6, 6.07) is 4.91. The van der Waals surface area contributed by atoms with E-state index < -0.39 is 4.92 Å². The normalized spacial score (nSPS) is 12.4. The van der Waals surface area contributed by atoms with Crippen LogP contribution < -0.4 is 5.73 Å². The highest BCUT2D eigenvalue weighted by molar-refractivity contribution is 9.10. The summed E-state index contributed by atoms with van der Waals surface area (Å²) >= 11 is 3.31. The van der Waals surface area contributed by atoms with Crippen molar-refractivity contribution < 1.29 is 4.92 Å². The number of benzene rings is 1. The lowest BCUT2D eigenvalue weighted by atomic mass is 10.1. The summed E-state index contributed by atoms with van der Waals surface area (Å²) < 4.78 is 2.32. The minimum absolute atomic E-state index is 0.0569. The van der Waals surface area contributed by atoms with Crippen molar-refractivity contribution in [2.24, 2.45) is 5.73 Å². The molecule has 1 heterocycles. The second-order valence-corrected chi connectivity index (χ2v) is 5.83. The fraction of sp³-hybridized carbons (Fsp3) is 0.357. The number of rotatable bonds is 4. The second kappa shape index (κ2) is 5.95. The number of nitro benzene ring substituents is 1. The Hall–Kier alpha value is -1.73. The number of halogens is 1. The van der Waals surface area contributed by atoms with Crippen molar-refractivity contribution >= 4 is 21.6 Å². The predicted molar refractivity (Wildman–Crippen MR) is 84.2 cm³/mol. The Kier molecular flexibility index (Phi) is 4.43. The molecule has 0 amide bonds. The first-order valence-electron chi connectivity index (χ1n) is 6.54. The minimum atomic E-state index is -0.401. The van der Waals surface area contributed by atoms with Crippen molar-refractivity contribution in [1.82, 2.24) is 9.78 Å². The van der Waals surface area contributed by atoms with E-state index in [4.69, 9.17) is 5.73 Å². The number of hydrogen-bond acceptors (Lipinski definition) is 4. The van der Waals surface area contributed by atoms with Gasteiger partial charge in [0.05, 0.1) is 17.2 Å². The van der Waals surface area contributed by atoms with Crippen LogP contribution in [0.4, 0.5) is 5.69 Å². The van der Waals surface area contributed by atoms with Gasteiger partial charge in [0.25, 0.3) is 5.69 Å². The summed E-state index contributed by atoms with van der Waals surface area (Å²) in [6.45, 7) is 6.26. The summed E-state index contributed by atoms with van der Waals surface area (Å²) in [7, 11) is 0. The predicted octanol–water partition coefficient (Wildman–Crippen LogP) is 3.24. The number of nitrogens with two attached hydrogens (primary N) is 1. The first-order valence-corrected chi connectivity index (χ1v) is 7.33. The first kappa shape index (κ1) is 15.7. The molecular formula is C14H17BrN4O2.